The molecular weight excluding hydrogens is 330 g/mol. The molecule has 26 heavy (non-hydrogen) atoms. The zero-order chi connectivity index (χ0) is 18.3. The van der Waals surface area contributed by atoms with Gasteiger partial charge in [0.2, 0.25) is 0 Å². The van der Waals surface area contributed by atoms with E-state index >= 15 is 0 Å². The molecule has 2 unspecified atom stereocenters. The number of nitrogens with one attached hydrogen (secondary N) is 1. The fourth-order valence-corrected chi connectivity index (χ4v) is 3.96. The normalized spacial score (nSPS) is 24.7. The van der Waals surface area contributed by atoms with E-state index in [4.69, 9.17) is 0 Å². The molecule has 2 aromatic rings. The number of imide groups is 1. The van der Waals surface area contributed by atoms with Crippen molar-refractivity contribution >= 4 is 17.6 Å². The van der Waals surface area contributed by atoms with E-state index in [1.54, 1.807) is 0 Å². The summed E-state index contributed by atoms with van der Waals surface area (Å²) in [5, 5.41) is 11.2. The van der Waals surface area contributed by atoms with E-state index in [1.165, 1.54) is 16.9 Å². The van der Waals surface area contributed by atoms with Gasteiger partial charge < -0.3 is 5.32 Å². The van der Waals surface area contributed by atoms with Crippen LogP contribution in [0.2, 0.25) is 0 Å². The summed E-state index contributed by atoms with van der Waals surface area (Å²) in [6.45, 7) is 3.63. The Bertz CT molecular complexity index is 902. The van der Waals surface area contributed by atoms with E-state index in [-0.39, 0.29) is 11.9 Å². The van der Waals surface area contributed by atoms with Crippen molar-refractivity contribution < 1.29 is 9.59 Å². The number of nitrogens with zero attached hydrogens (tertiary/aromatic N) is 4. The van der Waals surface area contributed by atoms with Gasteiger partial charge in [0.1, 0.15) is 5.54 Å². The van der Waals surface area contributed by atoms with Gasteiger partial charge in [0.15, 0.2) is 11.5 Å². The topological polar surface area (TPSA) is 79.6 Å². The molecule has 136 valence electrons. The Kier molecular flexibility index (Phi) is 4.01. The molecule has 1 saturated heterocycles. The van der Waals surface area contributed by atoms with E-state index in [9.17, 15) is 9.59 Å². The molecule has 1 aliphatic heterocycles. The lowest BCUT2D eigenvalue weighted by atomic mass is 9.87. The first-order valence-electron chi connectivity index (χ1n) is 9.13. The van der Waals surface area contributed by atoms with Crippen LogP contribution in [0.3, 0.4) is 0 Å². The van der Waals surface area contributed by atoms with Crippen molar-refractivity contribution in [3.05, 3.63) is 41.9 Å². The fourth-order valence-electron chi connectivity index (χ4n) is 3.96. The van der Waals surface area contributed by atoms with Crippen LogP contribution in [0.4, 0.5) is 4.79 Å². The Morgan fingerprint density at radius 1 is 1.27 bits per heavy atom. The highest BCUT2D eigenvalue weighted by Crippen LogP contribution is 2.33. The number of rotatable bonds is 4. The van der Waals surface area contributed by atoms with Gasteiger partial charge in [-0.3, -0.25) is 14.1 Å². The lowest BCUT2D eigenvalue weighted by Gasteiger charge is -2.26. The maximum atomic E-state index is 13.1. The fraction of sp³-hybridized carbons (Fsp3) is 0.474. The molecule has 2 aromatic heterocycles. The predicted molar refractivity (Wildman–Crippen MR) is 96.4 cm³/mol. The number of fused-ring (bicyclic) bond motifs is 1. The smallest absolute Gasteiger partial charge is 0.323 e. The van der Waals surface area contributed by atoms with E-state index in [0.717, 1.165) is 19.3 Å². The molecule has 1 fully saturated rings. The number of carbonyl (C=O) groups excluding carboxylic acids is 2. The van der Waals surface area contributed by atoms with Gasteiger partial charge in [-0.25, -0.2) is 4.79 Å². The van der Waals surface area contributed by atoms with Crippen molar-refractivity contribution in [2.75, 3.05) is 0 Å². The second kappa shape index (κ2) is 6.23. The average molecular weight is 353 g/mol. The molecule has 0 saturated carbocycles. The van der Waals surface area contributed by atoms with Crippen molar-refractivity contribution in [1.82, 2.24) is 24.8 Å². The van der Waals surface area contributed by atoms with Gasteiger partial charge in [-0.1, -0.05) is 17.7 Å². The second-order valence-electron chi connectivity index (χ2n) is 7.39. The van der Waals surface area contributed by atoms with Crippen LogP contribution in [-0.2, 0) is 4.79 Å². The van der Waals surface area contributed by atoms with Gasteiger partial charge in [0.05, 0.1) is 6.04 Å². The molecule has 1 N–H and O–H groups in total. The number of hydrogen-bond donors (Lipinski definition) is 1. The average Bonchev–Trinajstić information content (AvgIpc) is 3.15. The minimum absolute atomic E-state index is 0.200. The van der Waals surface area contributed by atoms with Crippen LogP contribution in [0.15, 0.2) is 36.0 Å². The summed E-state index contributed by atoms with van der Waals surface area (Å²) in [4.78, 5) is 27.1. The van der Waals surface area contributed by atoms with Crippen molar-refractivity contribution in [1.29, 1.82) is 0 Å². The van der Waals surface area contributed by atoms with Crippen LogP contribution in [0.5, 0.6) is 0 Å². The Labute approximate surface area is 152 Å². The van der Waals surface area contributed by atoms with Gasteiger partial charge >= 0.3 is 6.03 Å². The molecule has 0 radical (unpaired) electrons. The second-order valence-corrected chi connectivity index (χ2v) is 7.39. The molecule has 7 heteroatoms. The van der Waals surface area contributed by atoms with E-state index in [2.05, 4.69) is 21.6 Å². The van der Waals surface area contributed by atoms with Gasteiger partial charge in [-0.05, 0) is 51.7 Å². The standard InChI is InChI=1S/C19H23N5O2/c1-13(16-22-21-15-10-6-7-11-23(15)16)24-17(25)19(2,20-18(24)26)12-14-8-4-3-5-9-14/h6-8,10-11,13H,3-5,9,12H2,1-2H3,(H,20,26). The third-order valence-corrected chi connectivity index (χ3v) is 5.36. The highest BCUT2D eigenvalue weighted by Gasteiger charge is 2.50. The van der Waals surface area contributed by atoms with Crippen molar-refractivity contribution in [2.24, 2.45) is 0 Å². The molecule has 0 bridgehead atoms. The predicted octanol–water partition coefficient (Wildman–Crippen LogP) is 2.99. The molecule has 3 amide bonds. The van der Waals surface area contributed by atoms with Gasteiger partial charge in [0, 0.05) is 12.6 Å². The van der Waals surface area contributed by atoms with E-state index in [0.29, 0.717) is 17.9 Å². The van der Waals surface area contributed by atoms with Crippen LogP contribution in [0.25, 0.3) is 5.65 Å². The number of allylic oxidation sites excluding steroid dienone is 1. The maximum absolute atomic E-state index is 13.1. The lowest BCUT2D eigenvalue weighted by Crippen LogP contribution is -2.44. The Morgan fingerprint density at radius 2 is 2.12 bits per heavy atom. The monoisotopic (exact) mass is 353 g/mol. The number of aromatic nitrogens is 3. The van der Waals surface area contributed by atoms with Crippen molar-refractivity contribution in [3.63, 3.8) is 0 Å². The van der Waals surface area contributed by atoms with Gasteiger partial charge in [-0.2, -0.15) is 0 Å². The molecular formula is C19H23N5O2. The minimum atomic E-state index is -0.894. The summed E-state index contributed by atoms with van der Waals surface area (Å²) in [5.41, 5.74) is 1.06. The quantitative estimate of drug-likeness (QED) is 0.677. The zero-order valence-electron chi connectivity index (χ0n) is 15.1. The minimum Gasteiger partial charge on any atom is -0.323 e. The largest absolute Gasteiger partial charge is 0.325 e. The Hall–Kier alpha value is -2.70. The molecule has 4 rings (SSSR count). The molecule has 1 aliphatic carbocycles. The number of amides is 3. The lowest BCUT2D eigenvalue weighted by molar-refractivity contribution is -0.132. The first-order chi connectivity index (χ1) is 12.5. The first kappa shape index (κ1) is 16.8. The number of hydrogen-bond acceptors (Lipinski definition) is 4. The van der Waals surface area contributed by atoms with Crippen LogP contribution in [-0.4, -0.2) is 37.0 Å². The summed E-state index contributed by atoms with van der Waals surface area (Å²) in [5.74, 6) is 0.374. The van der Waals surface area contributed by atoms with Gasteiger partial charge in [0.25, 0.3) is 5.91 Å². The molecule has 7 nitrogen and oxygen atoms in total. The highest BCUT2D eigenvalue weighted by molar-refractivity contribution is 6.07. The van der Waals surface area contributed by atoms with Crippen molar-refractivity contribution in [2.45, 2.75) is 57.5 Å². The Balaban J connectivity index is 1.61. The first-order valence-corrected chi connectivity index (χ1v) is 9.13. The van der Waals surface area contributed by atoms with Crippen molar-refractivity contribution in [3.8, 4) is 0 Å². The molecule has 3 heterocycles. The van der Waals surface area contributed by atoms with Crippen LogP contribution < -0.4 is 5.32 Å². The van der Waals surface area contributed by atoms with Crippen LogP contribution >= 0.6 is 0 Å². The summed E-state index contributed by atoms with van der Waals surface area (Å²) in [7, 11) is 0. The summed E-state index contributed by atoms with van der Waals surface area (Å²) in [6, 6.07) is 4.73. The molecule has 2 aliphatic rings. The van der Waals surface area contributed by atoms with Gasteiger partial charge in [-0.15, -0.1) is 10.2 Å². The van der Waals surface area contributed by atoms with E-state index in [1.807, 2.05) is 42.6 Å². The van der Waals surface area contributed by atoms with Crippen LogP contribution in [0.1, 0.15) is 57.8 Å². The SMILES string of the molecule is CC(c1nnc2ccccn12)N1C(=O)NC(C)(CC2=CCCCC2)C1=O. The summed E-state index contributed by atoms with van der Waals surface area (Å²) >= 11 is 0. The van der Waals surface area contributed by atoms with E-state index < -0.39 is 11.6 Å². The maximum Gasteiger partial charge on any atom is 0.325 e. The third kappa shape index (κ3) is 2.67. The number of urea groups is 1. The molecule has 0 spiro atoms. The molecule has 2 atom stereocenters. The summed E-state index contributed by atoms with van der Waals surface area (Å²) < 4.78 is 1.81. The van der Waals surface area contributed by atoms with Crippen LogP contribution in [0, 0.1) is 0 Å². The third-order valence-electron chi connectivity index (χ3n) is 5.36. The Morgan fingerprint density at radius 3 is 2.88 bits per heavy atom. The molecule has 0 aromatic carbocycles. The number of pyridine rings is 1. The number of carbonyl (C=O) groups is 2. The zero-order valence-corrected chi connectivity index (χ0v) is 15.1. The summed E-state index contributed by atoms with van der Waals surface area (Å²) in [6.07, 6.45) is 9.03. The highest BCUT2D eigenvalue weighted by atomic mass is 16.2.